The first-order chi connectivity index (χ1) is 12.5. The summed E-state index contributed by atoms with van der Waals surface area (Å²) in [5, 5.41) is 6.14. The molecule has 5 nitrogen and oxygen atoms in total. The van der Waals surface area contributed by atoms with Crippen LogP contribution in [0.15, 0.2) is 35.9 Å². The lowest BCUT2D eigenvalue weighted by Gasteiger charge is -2.13. The third kappa shape index (κ3) is 7.30. The van der Waals surface area contributed by atoms with Gasteiger partial charge in [0, 0.05) is 32.7 Å². The molecule has 1 aromatic carbocycles. The zero-order valence-electron chi connectivity index (χ0n) is 16.0. The van der Waals surface area contributed by atoms with Crippen LogP contribution >= 0.6 is 0 Å². The van der Waals surface area contributed by atoms with Gasteiger partial charge in [0.1, 0.15) is 0 Å². The fourth-order valence-electron chi connectivity index (χ4n) is 3.05. The number of anilines is 1. The molecule has 0 fully saturated rings. The van der Waals surface area contributed by atoms with E-state index in [1.165, 1.54) is 31.3 Å². The molecule has 1 aliphatic rings. The van der Waals surface area contributed by atoms with E-state index in [1.54, 1.807) is 19.0 Å². The van der Waals surface area contributed by atoms with Crippen molar-refractivity contribution in [3.63, 3.8) is 0 Å². The van der Waals surface area contributed by atoms with Crippen molar-refractivity contribution >= 4 is 17.5 Å². The number of carbonyl (C=O) groups is 2. The van der Waals surface area contributed by atoms with Crippen LogP contribution in [-0.2, 0) is 16.0 Å². The predicted octanol–water partition coefficient (Wildman–Crippen LogP) is 3.13. The van der Waals surface area contributed by atoms with Crippen LogP contribution in [0.25, 0.3) is 0 Å². The fourth-order valence-corrected chi connectivity index (χ4v) is 3.05. The molecule has 1 aromatic rings. The summed E-state index contributed by atoms with van der Waals surface area (Å²) >= 11 is 0. The topological polar surface area (TPSA) is 61.4 Å². The molecule has 5 heteroatoms. The summed E-state index contributed by atoms with van der Waals surface area (Å²) in [5.41, 5.74) is 3.48. The third-order valence-electron chi connectivity index (χ3n) is 4.66. The van der Waals surface area contributed by atoms with Gasteiger partial charge in [-0.05, 0) is 56.2 Å². The van der Waals surface area contributed by atoms with Crippen LogP contribution in [0, 0.1) is 0 Å². The molecule has 0 saturated heterocycles. The first-order valence-electron chi connectivity index (χ1n) is 9.52. The average molecular weight is 357 g/mol. The van der Waals surface area contributed by atoms with E-state index in [0.717, 1.165) is 17.7 Å². The quantitative estimate of drug-likeness (QED) is 0.668. The molecule has 2 rings (SSSR count). The van der Waals surface area contributed by atoms with Crippen molar-refractivity contribution in [2.45, 2.75) is 44.9 Å². The number of carbonyl (C=O) groups excluding carboxylic acids is 2. The van der Waals surface area contributed by atoms with Crippen molar-refractivity contribution in [3.05, 3.63) is 41.5 Å². The Bertz CT molecular complexity index is 638. The largest absolute Gasteiger partial charge is 0.376 e. The van der Waals surface area contributed by atoms with Gasteiger partial charge in [0.2, 0.25) is 11.8 Å². The van der Waals surface area contributed by atoms with Crippen LogP contribution in [-0.4, -0.2) is 43.9 Å². The molecule has 0 aromatic heterocycles. The minimum atomic E-state index is 0.00889. The lowest BCUT2D eigenvalue weighted by molar-refractivity contribution is -0.128. The number of hydrogen-bond donors (Lipinski definition) is 2. The maximum absolute atomic E-state index is 12.0. The van der Waals surface area contributed by atoms with E-state index >= 15 is 0 Å². The number of allylic oxidation sites excluding steroid dienone is 1. The second-order valence-corrected chi connectivity index (χ2v) is 7.05. The van der Waals surface area contributed by atoms with Crippen molar-refractivity contribution in [1.29, 1.82) is 0 Å². The van der Waals surface area contributed by atoms with E-state index in [9.17, 15) is 9.59 Å². The second-order valence-electron chi connectivity index (χ2n) is 7.05. The Morgan fingerprint density at radius 1 is 1.15 bits per heavy atom. The number of rotatable bonds is 9. The van der Waals surface area contributed by atoms with Crippen LogP contribution in [0.5, 0.6) is 0 Å². The summed E-state index contributed by atoms with van der Waals surface area (Å²) in [5.74, 6) is 0.130. The summed E-state index contributed by atoms with van der Waals surface area (Å²) in [6.45, 7) is 0.970. The summed E-state index contributed by atoms with van der Waals surface area (Å²) in [6, 6.07) is 7.90. The Balaban J connectivity index is 1.69. The lowest BCUT2D eigenvalue weighted by atomic mass is 9.97. The Morgan fingerprint density at radius 3 is 2.73 bits per heavy atom. The van der Waals surface area contributed by atoms with Gasteiger partial charge >= 0.3 is 0 Å². The number of amides is 2. The van der Waals surface area contributed by atoms with Gasteiger partial charge in [-0.15, -0.1) is 0 Å². The highest BCUT2D eigenvalue weighted by Crippen LogP contribution is 2.19. The van der Waals surface area contributed by atoms with Crippen molar-refractivity contribution in [1.82, 2.24) is 10.2 Å². The van der Waals surface area contributed by atoms with E-state index in [0.29, 0.717) is 19.4 Å². The second kappa shape index (κ2) is 10.6. The standard InChI is InChI=1S/C21H31N3O2/c1-24(2)21(26)12-11-18-9-6-10-19(15-18)23-16-20(25)22-14-13-17-7-4-3-5-8-17/h6-7,9-10,15,23H,3-5,8,11-14,16H2,1-2H3,(H,22,25). The van der Waals surface area contributed by atoms with Crippen LogP contribution in [0.2, 0.25) is 0 Å². The van der Waals surface area contributed by atoms with E-state index < -0.39 is 0 Å². The molecule has 0 radical (unpaired) electrons. The fraction of sp³-hybridized carbons (Fsp3) is 0.524. The summed E-state index contributed by atoms with van der Waals surface area (Å²) in [4.78, 5) is 25.3. The molecular formula is C21H31N3O2. The van der Waals surface area contributed by atoms with Gasteiger partial charge < -0.3 is 15.5 Å². The molecule has 0 saturated carbocycles. The van der Waals surface area contributed by atoms with Crippen molar-refractivity contribution in [3.8, 4) is 0 Å². The molecule has 0 aliphatic heterocycles. The third-order valence-corrected chi connectivity index (χ3v) is 4.66. The first-order valence-corrected chi connectivity index (χ1v) is 9.52. The number of hydrogen-bond acceptors (Lipinski definition) is 3. The molecule has 0 atom stereocenters. The smallest absolute Gasteiger partial charge is 0.239 e. The van der Waals surface area contributed by atoms with Gasteiger partial charge in [0.25, 0.3) is 0 Å². The van der Waals surface area contributed by atoms with Gasteiger partial charge in [-0.25, -0.2) is 0 Å². The van der Waals surface area contributed by atoms with Crippen molar-refractivity contribution in [2.24, 2.45) is 0 Å². The number of benzene rings is 1. The van der Waals surface area contributed by atoms with E-state index in [-0.39, 0.29) is 18.4 Å². The van der Waals surface area contributed by atoms with Gasteiger partial charge in [0.05, 0.1) is 6.54 Å². The maximum atomic E-state index is 12.0. The molecule has 2 amide bonds. The summed E-state index contributed by atoms with van der Waals surface area (Å²) < 4.78 is 0. The number of nitrogens with one attached hydrogen (secondary N) is 2. The number of aryl methyl sites for hydroxylation is 1. The molecule has 0 bridgehead atoms. The van der Waals surface area contributed by atoms with Gasteiger partial charge in [-0.3, -0.25) is 9.59 Å². The minimum Gasteiger partial charge on any atom is -0.376 e. The van der Waals surface area contributed by atoms with E-state index in [1.807, 2.05) is 24.3 Å². The Kier molecular flexibility index (Phi) is 8.19. The minimum absolute atomic E-state index is 0.00889. The van der Waals surface area contributed by atoms with E-state index in [4.69, 9.17) is 0 Å². The highest BCUT2D eigenvalue weighted by Gasteiger charge is 2.07. The molecule has 26 heavy (non-hydrogen) atoms. The molecule has 142 valence electrons. The predicted molar refractivity (Wildman–Crippen MR) is 106 cm³/mol. The molecular weight excluding hydrogens is 326 g/mol. The SMILES string of the molecule is CN(C)C(=O)CCc1cccc(NCC(=O)NCCC2=CCCCC2)c1. The van der Waals surface area contributed by atoms with Gasteiger partial charge in [-0.2, -0.15) is 0 Å². The average Bonchev–Trinajstić information content (AvgIpc) is 2.65. The van der Waals surface area contributed by atoms with Crippen LogP contribution in [0.1, 0.15) is 44.1 Å². The Hall–Kier alpha value is -2.30. The zero-order valence-corrected chi connectivity index (χ0v) is 16.0. The highest BCUT2D eigenvalue weighted by molar-refractivity contribution is 5.80. The zero-order chi connectivity index (χ0) is 18.8. The summed E-state index contributed by atoms with van der Waals surface area (Å²) in [6.07, 6.45) is 9.40. The Morgan fingerprint density at radius 2 is 2.00 bits per heavy atom. The normalized spacial score (nSPS) is 13.7. The lowest BCUT2D eigenvalue weighted by Crippen LogP contribution is -2.30. The van der Waals surface area contributed by atoms with Crippen molar-refractivity contribution < 1.29 is 9.59 Å². The monoisotopic (exact) mass is 357 g/mol. The molecule has 2 N–H and O–H groups in total. The van der Waals surface area contributed by atoms with Crippen molar-refractivity contribution in [2.75, 3.05) is 32.5 Å². The van der Waals surface area contributed by atoms with Crippen LogP contribution in [0.4, 0.5) is 5.69 Å². The van der Waals surface area contributed by atoms with E-state index in [2.05, 4.69) is 16.7 Å². The first kappa shape index (κ1) is 20.0. The molecule has 1 aliphatic carbocycles. The highest BCUT2D eigenvalue weighted by atomic mass is 16.2. The van der Waals surface area contributed by atoms with Gasteiger partial charge in [0.15, 0.2) is 0 Å². The van der Waals surface area contributed by atoms with Gasteiger partial charge in [-0.1, -0.05) is 23.8 Å². The number of nitrogens with zero attached hydrogens (tertiary/aromatic N) is 1. The summed E-state index contributed by atoms with van der Waals surface area (Å²) in [7, 11) is 3.54. The van der Waals surface area contributed by atoms with Crippen LogP contribution in [0.3, 0.4) is 0 Å². The molecule has 0 spiro atoms. The molecule has 0 unspecified atom stereocenters. The molecule has 0 heterocycles. The Labute approximate surface area is 156 Å². The maximum Gasteiger partial charge on any atom is 0.239 e. The van der Waals surface area contributed by atoms with Crippen LogP contribution < -0.4 is 10.6 Å².